The first-order chi connectivity index (χ1) is 13.1. The normalized spacial score (nSPS) is 10.3. The smallest absolute Gasteiger partial charge is 0.233 e. The van der Waals surface area contributed by atoms with Gasteiger partial charge in [0.25, 0.3) is 0 Å². The summed E-state index contributed by atoms with van der Waals surface area (Å²) in [5.74, 6) is 7.91. The van der Waals surface area contributed by atoms with Crippen molar-refractivity contribution < 1.29 is 14.3 Å². The number of thioether (sulfide) groups is 1. The molecule has 0 fully saturated rings. The van der Waals surface area contributed by atoms with Crippen LogP contribution >= 0.6 is 11.8 Å². The third-order valence-corrected chi connectivity index (χ3v) is 4.45. The van der Waals surface area contributed by atoms with E-state index in [4.69, 9.17) is 15.3 Å². The number of ether oxygens (including phenoxy) is 2. The second-order valence-electron chi connectivity index (χ2n) is 5.40. The number of carbonyl (C=O) groups is 1. The Bertz CT molecular complexity index is 783. The van der Waals surface area contributed by atoms with Crippen LogP contribution in [0.15, 0.2) is 54.7 Å². The molecule has 144 valence electrons. The number of aromatic nitrogens is 3. The highest BCUT2D eigenvalue weighted by molar-refractivity contribution is 7.99. The molecule has 0 saturated heterocycles. The van der Waals surface area contributed by atoms with Crippen molar-refractivity contribution in [1.82, 2.24) is 19.8 Å². The zero-order chi connectivity index (χ0) is 19.6. The number of rotatable bonds is 11. The van der Waals surface area contributed by atoms with E-state index in [2.05, 4.69) is 23.4 Å². The van der Waals surface area contributed by atoms with E-state index in [0.29, 0.717) is 35.6 Å². The molecule has 0 atom stereocenters. The first-order valence-electron chi connectivity index (χ1n) is 8.17. The molecule has 0 saturated carbocycles. The quantitative estimate of drug-likeness (QED) is 0.356. The Morgan fingerprint density at radius 1 is 1.30 bits per heavy atom. The Kier molecular flexibility index (Phi) is 7.75. The van der Waals surface area contributed by atoms with Crippen molar-refractivity contribution in [2.24, 2.45) is 0 Å². The summed E-state index contributed by atoms with van der Waals surface area (Å²) < 4.78 is 12.1. The van der Waals surface area contributed by atoms with Gasteiger partial charge in [0.2, 0.25) is 11.1 Å². The van der Waals surface area contributed by atoms with Crippen molar-refractivity contribution in [1.29, 1.82) is 0 Å². The molecule has 0 radical (unpaired) electrons. The molecule has 1 heterocycles. The fraction of sp³-hybridized carbons (Fsp3) is 0.278. The van der Waals surface area contributed by atoms with E-state index in [1.165, 1.54) is 16.4 Å². The Morgan fingerprint density at radius 2 is 2.00 bits per heavy atom. The molecule has 0 bridgehead atoms. The van der Waals surface area contributed by atoms with Crippen LogP contribution < -0.4 is 15.3 Å². The van der Waals surface area contributed by atoms with Gasteiger partial charge < -0.3 is 20.2 Å². The third-order valence-electron chi connectivity index (χ3n) is 3.52. The summed E-state index contributed by atoms with van der Waals surface area (Å²) in [5, 5.41) is 8.48. The molecule has 2 rings (SSSR count). The number of nitrogens with zero attached hydrogens (tertiary/aromatic N) is 4. The van der Waals surface area contributed by atoms with Gasteiger partial charge in [0.1, 0.15) is 18.1 Å². The molecule has 0 aliphatic heterocycles. The van der Waals surface area contributed by atoms with Gasteiger partial charge >= 0.3 is 0 Å². The fourth-order valence-electron chi connectivity index (χ4n) is 2.15. The van der Waals surface area contributed by atoms with Gasteiger partial charge in [-0.05, 0) is 12.1 Å². The van der Waals surface area contributed by atoms with Crippen LogP contribution in [0.3, 0.4) is 0 Å². The summed E-state index contributed by atoms with van der Waals surface area (Å²) in [6.07, 6.45) is 3.34. The van der Waals surface area contributed by atoms with Crippen molar-refractivity contribution in [2.75, 3.05) is 31.8 Å². The van der Waals surface area contributed by atoms with Crippen LogP contribution in [0, 0.1) is 0 Å². The molecular formula is C18H23N5O3S. The molecular weight excluding hydrogens is 366 g/mol. The minimum absolute atomic E-state index is 0.0584. The van der Waals surface area contributed by atoms with Gasteiger partial charge in [-0.3, -0.25) is 4.79 Å². The van der Waals surface area contributed by atoms with E-state index < -0.39 is 0 Å². The van der Waals surface area contributed by atoms with Gasteiger partial charge in [0.05, 0.1) is 12.9 Å². The Hall–Kier alpha value is -2.94. The van der Waals surface area contributed by atoms with Crippen molar-refractivity contribution in [3.8, 4) is 11.5 Å². The standard InChI is InChI=1S/C18H23N5O3S/c1-4-9-22(10-5-2)17(24)13-27-18-21-20-16(23(18)19)12-26-15-8-6-7-14(11-15)25-3/h4-8,11H,1-2,9-10,12-13,19H2,3H3. The number of methoxy groups -OCH3 is 1. The van der Waals surface area contributed by atoms with Gasteiger partial charge in [-0.25, -0.2) is 4.68 Å². The van der Waals surface area contributed by atoms with Crippen LogP contribution in [0.2, 0.25) is 0 Å². The number of amides is 1. The van der Waals surface area contributed by atoms with Gasteiger partial charge in [0.15, 0.2) is 5.82 Å². The van der Waals surface area contributed by atoms with E-state index in [1.807, 2.05) is 18.2 Å². The number of hydrogen-bond acceptors (Lipinski definition) is 7. The second kappa shape index (κ2) is 10.3. The summed E-state index contributed by atoms with van der Waals surface area (Å²) in [4.78, 5) is 13.9. The number of nitrogens with two attached hydrogens (primary N) is 1. The van der Waals surface area contributed by atoms with Gasteiger partial charge in [-0.1, -0.05) is 30.0 Å². The molecule has 1 amide bonds. The van der Waals surface area contributed by atoms with Crippen LogP contribution in [0.1, 0.15) is 5.82 Å². The summed E-state index contributed by atoms with van der Waals surface area (Å²) in [6.45, 7) is 8.37. The lowest BCUT2D eigenvalue weighted by Gasteiger charge is -2.18. The zero-order valence-corrected chi connectivity index (χ0v) is 16.0. The highest BCUT2D eigenvalue weighted by Gasteiger charge is 2.16. The molecule has 0 aliphatic rings. The molecule has 0 aliphatic carbocycles. The number of hydrogen-bond donors (Lipinski definition) is 1. The van der Waals surface area contributed by atoms with Gasteiger partial charge in [-0.2, -0.15) is 0 Å². The fourth-order valence-corrected chi connectivity index (χ4v) is 2.93. The van der Waals surface area contributed by atoms with Crippen molar-refractivity contribution >= 4 is 17.7 Å². The second-order valence-corrected chi connectivity index (χ2v) is 6.34. The maximum absolute atomic E-state index is 12.3. The first kappa shape index (κ1) is 20.4. The minimum atomic E-state index is -0.0584. The molecule has 2 aromatic rings. The first-order valence-corrected chi connectivity index (χ1v) is 9.16. The van der Waals surface area contributed by atoms with Crippen LogP contribution in [-0.2, 0) is 11.4 Å². The molecule has 9 heteroatoms. The monoisotopic (exact) mass is 389 g/mol. The van der Waals surface area contributed by atoms with Crippen LogP contribution in [0.5, 0.6) is 11.5 Å². The van der Waals surface area contributed by atoms with Crippen molar-refractivity contribution in [2.45, 2.75) is 11.8 Å². The minimum Gasteiger partial charge on any atom is -0.497 e. The largest absolute Gasteiger partial charge is 0.497 e. The van der Waals surface area contributed by atoms with E-state index in [1.54, 1.807) is 30.2 Å². The van der Waals surface area contributed by atoms with Gasteiger partial charge in [-0.15, -0.1) is 23.4 Å². The maximum atomic E-state index is 12.3. The van der Waals surface area contributed by atoms with E-state index in [9.17, 15) is 4.79 Å². The SMILES string of the molecule is C=CCN(CC=C)C(=O)CSc1nnc(COc2cccc(OC)c2)n1N. The highest BCUT2D eigenvalue weighted by atomic mass is 32.2. The number of benzene rings is 1. The molecule has 0 spiro atoms. The van der Waals surface area contributed by atoms with E-state index >= 15 is 0 Å². The topological polar surface area (TPSA) is 95.5 Å². The van der Waals surface area contributed by atoms with Crippen LogP contribution in [0.25, 0.3) is 0 Å². The van der Waals surface area contributed by atoms with Crippen molar-refractivity contribution in [3.05, 3.63) is 55.4 Å². The van der Waals surface area contributed by atoms with Crippen LogP contribution in [0.4, 0.5) is 0 Å². The summed E-state index contributed by atoms with van der Waals surface area (Å²) >= 11 is 1.21. The molecule has 1 aromatic carbocycles. The molecule has 8 nitrogen and oxygen atoms in total. The molecule has 0 unspecified atom stereocenters. The Morgan fingerprint density at radius 3 is 2.67 bits per heavy atom. The van der Waals surface area contributed by atoms with Gasteiger partial charge in [0, 0.05) is 19.2 Å². The predicted molar refractivity (Wildman–Crippen MR) is 105 cm³/mol. The van der Waals surface area contributed by atoms with Crippen molar-refractivity contribution in [3.63, 3.8) is 0 Å². The summed E-state index contributed by atoms with van der Waals surface area (Å²) in [6, 6.07) is 7.22. The number of carbonyl (C=O) groups excluding carboxylic acids is 1. The number of nitrogen functional groups attached to an aromatic ring is 1. The zero-order valence-electron chi connectivity index (χ0n) is 15.2. The summed E-state index contributed by atoms with van der Waals surface area (Å²) in [7, 11) is 1.59. The predicted octanol–water partition coefficient (Wildman–Crippen LogP) is 1.87. The lowest BCUT2D eigenvalue weighted by atomic mass is 10.3. The average Bonchev–Trinajstić information content (AvgIpc) is 3.04. The maximum Gasteiger partial charge on any atom is 0.233 e. The Balaban J connectivity index is 1.93. The van der Waals surface area contributed by atoms with Crippen LogP contribution in [-0.4, -0.2) is 51.6 Å². The molecule has 2 N–H and O–H groups in total. The lowest BCUT2D eigenvalue weighted by Crippen LogP contribution is -2.32. The lowest BCUT2D eigenvalue weighted by molar-refractivity contribution is -0.127. The molecule has 27 heavy (non-hydrogen) atoms. The molecule has 1 aromatic heterocycles. The van der Waals surface area contributed by atoms with E-state index in [-0.39, 0.29) is 18.3 Å². The Labute approximate surface area is 162 Å². The summed E-state index contributed by atoms with van der Waals surface area (Å²) in [5.41, 5.74) is 0. The van der Waals surface area contributed by atoms with E-state index in [0.717, 1.165) is 0 Å². The average molecular weight is 389 g/mol. The third kappa shape index (κ3) is 5.78. The highest BCUT2D eigenvalue weighted by Crippen LogP contribution is 2.20.